The Morgan fingerprint density at radius 2 is 2.20 bits per heavy atom. The quantitative estimate of drug-likeness (QED) is 0.242. The Bertz CT molecular complexity index is 104. The van der Waals surface area contributed by atoms with E-state index in [1.807, 2.05) is 19.3 Å². The van der Waals surface area contributed by atoms with Gasteiger partial charge in [0.25, 0.3) is 0 Å². The largest absolute Gasteiger partial charge is 0.343 e. The third kappa shape index (κ3) is 5.33. The molecule has 0 spiro atoms. The van der Waals surface area contributed by atoms with Crippen molar-refractivity contribution in [2.45, 2.75) is 13.8 Å². The minimum atomic E-state index is -0.430. The number of carbonyl (C=O) groups excluding carboxylic acids is 1. The van der Waals surface area contributed by atoms with Crippen LogP contribution in [0.3, 0.4) is 0 Å². The van der Waals surface area contributed by atoms with Gasteiger partial charge in [-0.2, -0.15) is 0 Å². The Morgan fingerprint density at radius 1 is 1.60 bits per heavy atom. The summed E-state index contributed by atoms with van der Waals surface area (Å²) in [6, 6.07) is -0.430. The van der Waals surface area contributed by atoms with E-state index in [4.69, 9.17) is 5.84 Å². The van der Waals surface area contributed by atoms with E-state index >= 15 is 0 Å². The van der Waals surface area contributed by atoms with Crippen LogP contribution in [0.15, 0.2) is 0 Å². The molecule has 0 aliphatic carbocycles. The average molecular weight is 146 g/mol. The molecule has 0 aliphatic rings. The smallest absolute Gasteiger partial charge is 0.275 e. The van der Waals surface area contributed by atoms with E-state index < -0.39 is 6.03 Å². The number of carbonyl (C=O) groups is 1. The van der Waals surface area contributed by atoms with Gasteiger partial charge in [0.2, 0.25) is 0 Å². The molecule has 60 valence electrons. The zero-order valence-corrected chi connectivity index (χ0v) is 6.27. The number of hydrogen-bond donors (Lipinski definition) is 4. The molecule has 0 aromatic rings. The molecule has 0 fully saturated rings. The summed E-state index contributed by atoms with van der Waals surface area (Å²) in [6.45, 7) is 4.80. The predicted octanol–water partition coefficient (Wildman–Crippen LogP) is -0.680. The number of rotatable bonds is 3. The highest BCUT2D eigenvalue weighted by Gasteiger charge is 1.94. The summed E-state index contributed by atoms with van der Waals surface area (Å²) in [7, 11) is 0. The lowest BCUT2D eigenvalue weighted by molar-refractivity contribution is 0.236. The Labute approximate surface area is 60.3 Å². The van der Waals surface area contributed by atoms with Crippen molar-refractivity contribution in [2.75, 3.05) is 6.54 Å². The monoisotopic (exact) mass is 146 g/mol. The lowest BCUT2D eigenvalue weighted by atomic mass is 10.2. The molecule has 0 unspecified atom stereocenters. The molecule has 0 atom stereocenters. The average Bonchev–Trinajstić information content (AvgIpc) is 1.87. The Hall–Kier alpha value is -0.810. The van der Waals surface area contributed by atoms with Crippen molar-refractivity contribution in [3.8, 4) is 0 Å². The molecule has 0 aliphatic heterocycles. The number of nitrogens with one attached hydrogen (secondary N) is 3. The summed E-state index contributed by atoms with van der Waals surface area (Å²) in [4.78, 5) is 10.4. The second-order valence-corrected chi connectivity index (χ2v) is 2.37. The fourth-order valence-electron chi connectivity index (χ4n) is 0.372. The second-order valence-electron chi connectivity index (χ2n) is 2.37. The highest BCUT2D eigenvalue weighted by atomic mass is 16.2. The standard InChI is InChI=1S/C5H14N4O/c1-4(2)3-7-9-5(10)8-6/h4,7H,3,6H2,1-2H3,(H2,8,9,10). The molecular formula is C5H14N4O. The zero-order valence-electron chi connectivity index (χ0n) is 6.27. The minimum absolute atomic E-state index is 0.430. The van der Waals surface area contributed by atoms with Gasteiger partial charge in [-0.05, 0) is 5.92 Å². The molecular weight excluding hydrogens is 132 g/mol. The van der Waals surface area contributed by atoms with E-state index in [9.17, 15) is 4.79 Å². The van der Waals surface area contributed by atoms with Crippen LogP contribution in [0, 0.1) is 5.92 Å². The number of amides is 2. The van der Waals surface area contributed by atoms with Crippen LogP contribution in [0.25, 0.3) is 0 Å². The van der Waals surface area contributed by atoms with Gasteiger partial charge in [-0.15, -0.1) is 0 Å². The maximum absolute atomic E-state index is 10.4. The normalized spacial score (nSPS) is 9.60. The van der Waals surface area contributed by atoms with Crippen molar-refractivity contribution in [2.24, 2.45) is 11.8 Å². The Kier molecular flexibility index (Phi) is 4.61. The first kappa shape index (κ1) is 9.19. The molecule has 0 bridgehead atoms. The van der Waals surface area contributed by atoms with Crippen molar-refractivity contribution >= 4 is 6.03 Å². The third-order valence-corrected chi connectivity index (χ3v) is 0.843. The van der Waals surface area contributed by atoms with Gasteiger partial charge in [0.05, 0.1) is 0 Å². The van der Waals surface area contributed by atoms with E-state index in [2.05, 4.69) is 10.9 Å². The van der Waals surface area contributed by atoms with Crippen LogP contribution >= 0.6 is 0 Å². The van der Waals surface area contributed by atoms with E-state index in [1.165, 1.54) is 0 Å². The van der Waals surface area contributed by atoms with Crippen molar-refractivity contribution in [3.63, 3.8) is 0 Å². The van der Waals surface area contributed by atoms with Gasteiger partial charge in [-0.3, -0.25) is 10.9 Å². The molecule has 5 heteroatoms. The van der Waals surface area contributed by atoms with E-state index in [-0.39, 0.29) is 0 Å². The molecule has 0 rings (SSSR count). The molecule has 0 radical (unpaired) electrons. The first-order valence-electron chi connectivity index (χ1n) is 3.16. The highest BCUT2D eigenvalue weighted by Crippen LogP contribution is 1.84. The van der Waals surface area contributed by atoms with Gasteiger partial charge in [-0.25, -0.2) is 16.1 Å². The molecule has 0 aromatic heterocycles. The fourth-order valence-corrected chi connectivity index (χ4v) is 0.372. The molecule has 5 N–H and O–H groups in total. The molecule has 0 aromatic carbocycles. The van der Waals surface area contributed by atoms with E-state index in [0.717, 1.165) is 6.54 Å². The second kappa shape index (κ2) is 5.01. The third-order valence-electron chi connectivity index (χ3n) is 0.843. The van der Waals surface area contributed by atoms with Crippen LogP contribution in [0.1, 0.15) is 13.8 Å². The van der Waals surface area contributed by atoms with Gasteiger partial charge >= 0.3 is 6.03 Å². The number of hydrazine groups is 2. The molecule has 0 saturated carbocycles. The number of hydrogen-bond acceptors (Lipinski definition) is 3. The summed E-state index contributed by atoms with van der Waals surface area (Å²) in [5.41, 5.74) is 6.96. The Balaban J connectivity index is 3.12. The van der Waals surface area contributed by atoms with Crippen molar-refractivity contribution in [1.82, 2.24) is 16.3 Å². The van der Waals surface area contributed by atoms with Crippen LogP contribution in [0.4, 0.5) is 4.79 Å². The van der Waals surface area contributed by atoms with E-state index in [1.54, 1.807) is 0 Å². The van der Waals surface area contributed by atoms with Crippen LogP contribution in [-0.2, 0) is 0 Å². The lowest BCUT2D eigenvalue weighted by Gasteiger charge is -2.07. The van der Waals surface area contributed by atoms with Crippen LogP contribution < -0.4 is 22.1 Å². The lowest BCUT2D eigenvalue weighted by Crippen LogP contribution is -2.47. The summed E-state index contributed by atoms with van der Waals surface area (Å²) in [5, 5.41) is 0. The van der Waals surface area contributed by atoms with Gasteiger partial charge < -0.3 is 0 Å². The molecule has 0 heterocycles. The number of urea groups is 1. The van der Waals surface area contributed by atoms with Crippen molar-refractivity contribution in [3.05, 3.63) is 0 Å². The molecule has 5 nitrogen and oxygen atoms in total. The topological polar surface area (TPSA) is 79.2 Å². The summed E-state index contributed by atoms with van der Waals surface area (Å²) >= 11 is 0. The maximum Gasteiger partial charge on any atom is 0.343 e. The molecule has 10 heavy (non-hydrogen) atoms. The summed E-state index contributed by atoms with van der Waals surface area (Å²) in [6.07, 6.45) is 0. The first-order valence-corrected chi connectivity index (χ1v) is 3.16. The van der Waals surface area contributed by atoms with Gasteiger partial charge in [0.1, 0.15) is 0 Å². The Morgan fingerprint density at radius 3 is 2.60 bits per heavy atom. The highest BCUT2D eigenvalue weighted by molar-refractivity contribution is 5.72. The summed E-state index contributed by atoms with van der Waals surface area (Å²) in [5.74, 6) is 5.29. The van der Waals surface area contributed by atoms with Crippen molar-refractivity contribution < 1.29 is 4.79 Å². The van der Waals surface area contributed by atoms with E-state index in [0.29, 0.717) is 5.92 Å². The first-order chi connectivity index (χ1) is 4.66. The minimum Gasteiger partial charge on any atom is -0.275 e. The molecule has 2 amide bonds. The number of nitrogens with two attached hydrogens (primary N) is 1. The molecule has 0 saturated heterocycles. The van der Waals surface area contributed by atoms with Crippen LogP contribution in [-0.4, -0.2) is 12.6 Å². The maximum atomic E-state index is 10.4. The predicted molar refractivity (Wildman–Crippen MR) is 38.7 cm³/mol. The van der Waals surface area contributed by atoms with Gasteiger partial charge in [0, 0.05) is 6.54 Å². The van der Waals surface area contributed by atoms with Gasteiger partial charge in [0.15, 0.2) is 0 Å². The van der Waals surface area contributed by atoms with Crippen LogP contribution in [0.5, 0.6) is 0 Å². The fraction of sp³-hybridized carbons (Fsp3) is 0.800. The zero-order chi connectivity index (χ0) is 7.98. The SMILES string of the molecule is CC(C)CNNC(=O)NN. The van der Waals surface area contributed by atoms with Crippen molar-refractivity contribution in [1.29, 1.82) is 0 Å². The van der Waals surface area contributed by atoms with Gasteiger partial charge in [-0.1, -0.05) is 13.8 Å². The summed E-state index contributed by atoms with van der Waals surface area (Å²) < 4.78 is 0. The van der Waals surface area contributed by atoms with Crippen LogP contribution in [0.2, 0.25) is 0 Å².